The zero-order chi connectivity index (χ0) is 17.4. The van der Waals surface area contributed by atoms with Crippen LogP contribution in [0.25, 0.3) is 0 Å². The highest BCUT2D eigenvalue weighted by Crippen LogP contribution is 2.32. The number of benzene rings is 1. The smallest absolute Gasteiger partial charge is 0.412 e. The van der Waals surface area contributed by atoms with Gasteiger partial charge in [-0.15, -0.1) is 0 Å². The van der Waals surface area contributed by atoms with E-state index in [1.54, 1.807) is 0 Å². The average molecular weight is 342 g/mol. The Kier molecular flexibility index (Phi) is 4.73. The first kappa shape index (κ1) is 17.8. The number of esters is 1. The van der Waals surface area contributed by atoms with Gasteiger partial charge in [-0.3, -0.25) is 0 Å². The Bertz CT molecular complexity index is 628. The van der Waals surface area contributed by atoms with Crippen LogP contribution in [0.15, 0.2) is 11.8 Å². The fraction of sp³-hybridized carbons (Fsp3) is 0.100. The third kappa shape index (κ3) is 3.14. The van der Waals surface area contributed by atoms with Gasteiger partial charge in [0.25, 0.3) is 5.76 Å². The normalized spacial score (nSPS) is 11.4. The summed E-state index contributed by atoms with van der Waals surface area (Å²) in [6, 6.07) is 0. The van der Waals surface area contributed by atoms with Crippen LogP contribution < -0.4 is 0 Å². The molecule has 0 saturated carbocycles. The van der Waals surface area contributed by atoms with Gasteiger partial charge in [-0.1, -0.05) is 0 Å². The minimum atomic E-state index is -5.95. The van der Waals surface area contributed by atoms with E-state index in [2.05, 4.69) is 4.74 Å². The molecule has 122 valence electrons. The molecule has 0 aliphatic carbocycles. The van der Waals surface area contributed by atoms with Crippen molar-refractivity contribution in [2.24, 2.45) is 0 Å². The second-order valence-corrected chi connectivity index (χ2v) is 3.42. The molecule has 12 heteroatoms. The molecule has 0 atom stereocenters. The molecule has 0 saturated heterocycles. The Morgan fingerprint density at radius 3 is 1.45 bits per heavy atom. The monoisotopic (exact) mass is 342 g/mol. The highest BCUT2D eigenvalue weighted by molar-refractivity contribution is 5.90. The Hall–Kier alpha value is -2.27. The van der Waals surface area contributed by atoms with Crippen molar-refractivity contribution in [3.8, 4) is 0 Å². The van der Waals surface area contributed by atoms with Crippen molar-refractivity contribution >= 4 is 5.97 Å². The lowest BCUT2D eigenvalue weighted by atomic mass is 10.1. The van der Waals surface area contributed by atoms with Crippen molar-refractivity contribution < 1.29 is 53.4 Å². The van der Waals surface area contributed by atoms with Gasteiger partial charge < -0.3 is 4.74 Å². The summed E-state index contributed by atoms with van der Waals surface area (Å²) in [4.78, 5) is 11.0. The lowest BCUT2D eigenvalue weighted by Crippen LogP contribution is -2.22. The number of alkyl halides is 3. The van der Waals surface area contributed by atoms with Crippen LogP contribution in [0, 0.1) is 29.1 Å². The van der Waals surface area contributed by atoms with Gasteiger partial charge in [0, 0.05) is 0 Å². The SMILES string of the molecule is O=C(OC(=C(F)F)C(F)(F)F)c1c(F)c(F)c(F)c(F)c1F. The molecule has 0 fully saturated rings. The van der Waals surface area contributed by atoms with Gasteiger partial charge in [0.2, 0.25) is 5.82 Å². The van der Waals surface area contributed by atoms with E-state index in [0.717, 1.165) is 0 Å². The number of carbonyl (C=O) groups is 1. The largest absolute Gasteiger partial charge is 0.455 e. The van der Waals surface area contributed by atoms with Crippen molar-refractivity contribution in [1.82, 2.24) is 0 Å². The summed E-state index contributed by atoms with van der Waals surface area (Å²) in [6.07, 6.45) is -9.54. The molecule has 0 aromatic heterocycles. The lowest BCUT2D eigenvalue weighted by Gasteiger charge is -2.12. The maximum atomic E-state index is 13.1. The quantitative estimate of drug-likeness (QED) is 0.265. The van der Waals surface area contributed by atoms with E-state index in [0.29, 0.717) is 0 Å². The molecule has 0 spiro atoms. The number of allylic oxidation sites excluding steroid dienone is 1. The fourth-order valence-corrected chi connectivity index (χ4v) is 1.13. The lowest BCUT2D eigenvalue weighted by molar-refractivity contribution is -0.127. The maximum absolute atomic E-state index is 13.1. The maximum Gasteiger partial charge on any atom is 0.455 e. The molecule has 22 heavy (non-hydrogen) atoms. The van der Waals surface area contributed by atoms with E-state index in [1.807, 2.05) is 0 Å². The minimum absolute atomic E-state index is 2.45. The summed E-state index contributed by atoms with van der Waals surface area (Å²) in [5, 5.41) is 0. The van der Waals surface area contributed by atoms with Gasteiger partial charge in [-0.25, -0.2) is 26.7 Å². The van der Waals surface area contributed by atoms with Crippen LogP contribution in [0.4, 0.5) is 43.9 Å². The van der Waals surface area contributed by atoms with E-state index >= 15 is 0 Å². The van der Waals surface area contributed by atoms with Crippen LogP contribution in [0.5, 0.6) is 0 Å². The average Bonchev–Trinajstić information content (AvgIpc) is 2.39. The summed E-state index contributed by atoms with van der Waals surface area (Å²) in [5.74, 6) is -19.8. The predicted octanol–water partition coefficient (Wildman–Crippen LogP) is 4.21. The van der Waals surface area contributed by atoms with Gasteiger partial charge in [0.15, 0.2) is 23.3 Å². The Balaban J connectivity index is 3.41. The van der Waals surface area contributed by atoms with E-state index in [9.17, 15) is 48.7 Å². The summed E-state index contributed by atoms with van der Waals surface area (Å²) < 4.78 is 127. The molecule has 1 aromatic carbocycles. The molecule has 0 radical (unpaired) electrons. The minimum Gasteiger partial charge on any atom is -0.412 e. The number of ether oxygens (including phenoxy) is 1. The summed E-state index contributed by atoms with van der Waals surface area (Å²) >= 11 is 0. The van der Waals surface area contributed by atoms with E-state index < -0.39 is 58.6 Å². The molecular formula is C10F10O2. The van der Waals surface area contributed by atoms with Gasteiger partial charge in [-0.05, 0) is 0 Å². The second kappa shape index (κ2) is 5.85. The summed E-state index contributed by atoms with van der Waals surface area (Å²) in [6.45, 7) is 0. The van der Waals surface area contributed by atoms with Crippen molar-refractivity contribution in [3.63, 3.8) is 0 Å². The number of hydrogen-bond donors (Lipinski definition) is 0. The Morgan fingerprint density at radius 2 is 1.14 bits per heavy atom. The molecule has 0 N–H and O–H groups in total. The third-order valence-corrected chi connectivity index (χ3v) is 2.04. The van der Waals surface area contributed by atoms with Gasteiger partial charge in [0.05, 0.1) is 0 Å². The van der Waals surface area contributed by atoms with Crippen LogP contribution >= 0.6 is 0 Å². The molecule has 0 unspecified atom stereocenters. The van der Waals surface area contributed by atoms with Crippen LogP contribution in [-0.2, 0) is 4.74 Å². The van der Waals surface area contributed by atoms with Crippen LogP contribution in [0.1, 0.15) is 10.4 Å². The van der Waals surface area contributed by atoms with Crippen molar-refractivity contribution in [2.75, 3.05) is 0 Å². The Morgan fingerprint density at radius 1 is 0.773 bits per heavy atom. The molecule has 0 amide bonds. The second-order valence-electron chi connectivity index (χ2n) is 3.42. The fourth-order valence-electron chi connectivity index (χ4n) is 1.13. The van der Waals surface area contributed by atoms with Gasteiger partial charge >= 0.3 is 18.2 Å². The molecule has 0 aliphatic rings. The van der Waals surface area contributed by atoms with Crippen molar-refractivity contribution in [1.29, 1.82) is 0 Å². The Labute approximate surface area is 113 Å². The van der Waals surface area contributed by atoms with Crippen LogP contribution in [0.2, 0.25) is 0 Å². The summed E-state index contributed by atoms with van der Waals surface area (Å²) in [7, 11) is 0. The topological polar surface area (TPSA) is 26.3 Å². The highest BCUT2D eigenvalue weighted by atomic mass is 19.4. The molecule has 0 heterocycles. The van der Waals surface area contributed by atoms with Crippen molar-refractivity contribution in [3.05, 3.63) is 46.5 Å². The standard InChI is InChI=1S/C10F10O2/c11-2-1(3(12)5(14)6(15)4(2)13)9(21)22-7(8(16)17)10(18,19)20. The van der Waals surface area contributed by atoms with E-state index in [4.69, 9.17) is 0 Å². The highest BCUT2D eigenvalue weighted by Gasteiger charge is 2.43. The number of hydrogen-bond acceptors (Lipinski definition) is 2. The van der Waals surface area contributed by atoms with Crippen LogP contribution in [-0.4, -0.2) is 12.1 Å². The number of carbonyl (C=O) groups excluding carboxylic acids is 1. The molecule has 1 rings (SSSR count). The first-order valence-corrected chi connectivity index (χ1v) is 4.75. The predicted molar refractivity (Wildman–Crippen MR) is 46.9 cm³/mol. The number of rotatable bonds is 2. The zero-order valence-corrected chi connectivity index (χ0v) is 9.60. The van der Waals surface area contributed by atoms with Crippen LogP contribution in [0.3, 0.4) is 0 Å². The van der Waals surface area contributed by atoms with E-state index in [1.165, 1.54) is 0 Å². The first-order valence-electron chi connectivity index (χ1n) is 4.75. The zero-order valence-electron chi connectivity index (χ0n) is 9.60. The molecule has 1 aromatic rings. The van der Waals surface area contributed by atoms with Crippen molar-refractivity contribution in [2.45, 2.75) is 6.18 Å². The van der Waals surface area contributed by atoms with E-state index in [-0.39, 0.29) is 0 Å². The molecule has 0 aliphatic heterocycles. The molecule has 2 nitrogen and oxygen atoms in total. The molecule has 0 bridgehead atoms. The first-order chi connectivity index (χ1) is 9.89. The van der Waals surface area contributed by atoms with Gasteiger partial charge in [-0.2, -0.15) is 22.0 Å². The van der Waals surface area contributed by atoms with Gasteiger partial charge in [0.1, 0.15) is 5.56 Å². The number of halogens is 10. The summed E-state index contributed by atoms with van der Waals surface area (Å²) in [5.41, 5.74) is -2.45. The third-order valence-electron chi connectivity index (χ3n) is 2.04. The molecular weight excluding hydrogens is 342 g/mol.